The van der Waals surface area contributed by atoms with E-state index >= 15 is 0 Å². The van der Waals surface area contributed by atoms with Gasteiger partial charge in [0.15, 0.2) is 5.58 Å². The lowest BCUT2D eigenvalue weighted by Gasteiger charge is -2.16. The number of amides is 1. The molecular weight excluding hydrogens is 354 g/mol. The number of para-hydroxylation sites is 1. The fourth-order valence-corrected chi connectivity index (χ4v) is 3.00. The first kappa shape index (κ1) is 16.7. The summed E-state index contributed by atoms with van der Waals surface area (Å²) in [6.45, 7) is 1.72. The van der Waals surface area contributed by atoms with Crippen LogP contribution in [-0.2, 0) is 11.2 Å². The Balaban J connectivity index is 1.74. The Bertz CT molecular complexity index is 911. The summed E-state index contributed by atoms with van der Waals surface area (Å²) in [5.41, 5.74) is 1.62. The van der Waals surface area contributed by atoms with Crippen molar-refractivity contribution in [1.29, 1.82) is 0 Å². The summed E-state index contributed by atoms with van der Waals surface area (Å²) in [4.78, 5) is 12.2. The number of nitrogens with zero attached hydrogens (tertiary/aromatic N) is 1. The molecule has 0 spiro atoms. The summed E-state index contributed by atoms with van der Waals surface area (Å²) in [5.74, 6) is -0.854. The molecule has 0 aliphatic heterocycles. The molecule has 0 aliphatic rings. The third-order valence-corrected chi connectivity index (χ3v) is 4.28. The molecule has 4 nitrogen and oxygen atoms in total. The van der Waals surface area contributed by atoms with Gasteiger partial charge in [-0.25, -0.2) is 4.39 Å². The molecule has 24 heavy (non-hydrogen) atoms. The number of rotatable bonds is 4. The number of aromatic nitrogens is 1. The first-order chi connectivity index (χ1) is 11.5. The molecule has 124 valence electrons. The van der Waals surface area contributed by atoms with Crippen LogP contribution in [0.15, 0.2) is 40.9 Å². The second kappa shape index (κ2) is 6.79. The van der Waals surface area contributed by atoms with Crippen LogP contribution in [0.4, 0.5) is 4.39 Å². The third-order valence-electron chi connectivity index (χ3n) is 3.66. The minimum Gasteiger partial charge on any atom is -0.356 e. The molecule has 1 N–H and O–H groups in total. The van der Waals surface area contributed by atoms with Gasteiger partial charge < -0.3 is 9.84 Å². The number of carbonyl (C=O) groups is 1. The number of fused-ring (bicyclic) bond motifs is 1. The number of nitrogens with one attached hydrogen (secondary N) is 1. The zero-order chi connectivity index (χ0) is 17.3. The van der Waals surface area contributed by atoms with Crippen LogP contribution in [0.25, 0.3) is 11.0 Å². The van der Waals surface area contributed by atoms with E-state index in [0.717, 1.165) is 5.39 Å². The molecule has 1 atom stereocenters. The average Bonchev–Trinajstić information content (AvgIpc) is 2.94. The van der Waals surface area contributed by atoms with Crippen LogP contribution < -0.4 is 5.32 Å². The van der Waals surface area contributed by atoms with E-state index in [-0.39, 0.29) is 17.4 Å². The highest BCUT2D eigenvalue weighted by Gasteiger charge is 2.17. The van der Waals surface area contributed by atoms with Gasteiger partial charge in [0.2, 0.25) is 5.91 Å². The number of benzene rings is 2. The van der Waals surface area contributed by atoms with Crippen LogP contribution in [0.3, 0.4) is 0 Å². The van der Waals surface area contributed by atoms with Gasteiger partial charge in [-0.2, -0.15) is 0 Å². The van der Waals surface area contributed by atoms with Crippen LogP contribution in [0, 0.1) is 5.82 Å². The highest BCUT2D eigenvalue weighted by molar-refractivity contribution is 6.35. The minimum absolute atomic E-state index is 0.0506. The molecule has 0 unspecified atom stereocenters. The predicted octanol–water partition coefficient (Wildman–Crippen LogP) is 4.69. The molecule has 0 fully saturated rings. The molecule has 3 rings (SSSR count). The Hall–Kier alpha value is -2.11. The number of carbonyl (C=O) groups excluding carboxylic acids is 1. The van der Waals surface area contributed by atoms with Gasteiger partial charge in [-0.1, -0.05) is 40.5 Å². The quantitative estimate of drug-likeness (QED) is 0.681. The van der Waals surface area contributed by atoms with E-state index in [2.05, 4.69) is 10.5 Å². The molecule has 0 saturated carbocycles. The smallest absolute Gasteiger partial charge is 0.226 e. The van der Waals surface area contributed by atoms with Crippen molar-refractivity contribution in [2.24, 2.45) is 0 Å². The lowest BCUT2D eigenvalue weighted by Crippen LogP contribution is -2.28. The molecule has 0 aliphatic carbocycles. The lowest BCUT2D eigenvalue weighted by molar-refractivity contribution is -0.121. The van der Waals surface area contributed by atoms with Gasteiger partial charge >= 0.3 is 0 Å². The monoisotopic (exact) mass is 366 g/mol. The summed E-state index contributed by atoms with van der Waals surface area (Å²) in [6.07, 6.45) is 0.0506. The fraction of sp³-hybridized carbons (Fsp3) is 0.176. The van der Waals surface area contributed by atoms with Crippen molar-refractivity contribution in [2.45, 2.75) is 19.4 Å². The Morgan fingerprint density at radius 1 is 1.29 bits per heavy atom. The van der Waals surface area contributed by atoms with Crippen LogP contribution >= 0.6 is 23.2 Å². The Morgan fingerprint density at radius 3 is 2.83 bits per heavy atom. The van der Waals surface area contributed by atoms with Gasteiger partial charge in [-0.05, 0) is 36.8 Å². The van der Waals surface area contributed by atoms with E-state index in [1.54, 1.807) is 13.0 Å². The van der Waals surface area contributed by atoms with E-state index in [1.165, 1.54) is 12.1 Å². The Labute approximate surface area is 147 Å². The first-order valence-corrected chi connectivity index (χ1v) is 7.98. The molecule has 2 aromatic carbocycles. The van der Waals surface area contributed by atoms with Crippen LogP contribution in [0.5, 0.6) is 0 Å². The van der Waals surface area contributed by atoms with Gasteiger partial charge in [-0.15, -0.1) is 0 Å². The maximum Gasteiger partial charge on any atom is 0.226 e. The maximum atomic E-state index is 13.6. The van der Waals surface area contributed by atoms with Crippen molar-refractivity contribution in [3.63, 3.8) is 0 Å². The molecule has 3 aromatic rings. The first-order valence-electron chi connectivity index (χ1n) is 7.23. The molecule has 1 heterocycles. The van der Waals surface area contributed by atoms with Crippen LogP contribution in [0.2, 0.25) is 10.0 Å². The zero-order valence-electron chi connectivity index (χ0n) is 12.6. The van der Waals surface area contributed by atoms with Crippen LogP contribution in [0.1, 0.15) is 24.2 Å². The number of hydrogen-bond acceptors (Lipinski definition) is 3. The van der Waals surface area contributed by atoms with E-state index < -0.39 is 11.9 Å². The summed E-state index contributed by atoms with van der Waals surface area (Å²) in [7, 11) is 0. The van der Waals surface area contributed by atoms with Gasteiger partial charge in [0.05, 0.1) is 17.5 Å². The van der Waals surface area contributed by atoms with Crippen molar-refractivity contribution < 1.29 is 13.7 Å². The number of halogens is 3. The summed E-state index contributed by atoms with van der Waals surface area (Å²) >= 11 is 11.8. The van der Waals surface area contributed by atoms with E-state index in [4.69, 9.17) is 27.7 Å². The Kier molecular flexibility index (Phi) is 4.73. The predicted molar refractivity (Wildman–Crippen MR) is 90.7 cm³/mol. The molecular formula is C17H13Cl2FN2O2. The van der Waals surface area contributed by atoms with E-state index in [9.17, 15) is 9.18 Å². The van der Waals surface area contributed by atoms with Gasteiger partial charge in [0.1, 0.15) is 11.5 Å². The molecule has 0 bridgehead atoms. The van der Waals surface area contributed by atoms with Crippen molar-refractivity contribution >= 4 is 40.1 Å². The van der Waals surface area contributed by atoms with E-state index in [0.29, 0.717) is 21.9 Å². The largest absolute Gasteiger partial charge is 0.356 e. The highest BCUT2D eigenvalue weighted by Crippen LogP contribution is 2.28. The summed E-state index contributed by atoms with van der Waals surface area (Å²) in [6, 6.07) is 9.36. The Morgan fingerprint density at radius 2 is 2.04 bits per heavy atom. The van der Waals surface area contributed by atoms with Crippen molar-refractivity contribution in [2.75, 3.05) is 0 Å². The zero-order valence-corrected chi connectivity index (χ0v) is 14.2. The number of hydrogen-bond donors (Lipinski definition) is 1. The van der Waals surface area contributed by atoms with Crippen molar-refractivity contribution in [3.05, 3.63) is 63.5 Å². The minimum atomic E-state index is -0.584. The highest BCUT2D eigenvalue weighted by atomic mass is 35.5. The van der Waals surface area contributed by atoms with Crippen LogP contribution in [-0.4, -0.2) is 11.1 Å². The van der Waals surface area contributed by atoms with Crippen molar-refractivity contribution in [1.82, 2.24) is 10.5 Å². The molecule has 1 amide bonds. The topological polar surface area (TPSA) is 55.1 Å². The van der Waals surface area contributed by atoms with Gasteiger partial charge in [0.25, 0.3) is 0 Å². The normalized spacial score (nSPS) is 12.3. The van der Waals surface area contributed by atoms with E-state index in [1.807, 2.05) is 18.2 Å². The average molecular weight is 367 g/mol. The SMILES string of the molecule is C[C@@H](NC(=O)Cc1noc2ccccc12)c1cc(F)c(Cl)cc1Cl. The molecule has 0 radical (unpaired) electrons. The maximum absolute atomic E-state index is 13.6. The van der Waals surface area contributed by atoms with Gasteiger partial charge in [0, 0.05) is 10.4 Å². The van der Waals surface area contributed by atoms with Crippen molar-refractivity contribution in [3.8, 4) is 0 Å². The summed E-state index contributed by atoms with van der Waals surface area (Å²) in [5, 5.41) is 7.71. The molecule has 1 aromatic heterocycles. The second-order valence-corrected chi connectivity index (χ2v) is 6.19. The molecule has 7 heteroatoms. The van der Waals surface area contributed by atoms with Gasteiger partial charge in [-0.3, -0.25) is 4.79 Å². The lowest BCUT2D eigenvalue weighted by atomic mass is 10.1. The third kappa shape index (κ3) is 3.37. The molecule has 0 saturated heterocycles. The summed E-state index contributed by atoms with van der Waals surface area (Å²) < 4.78 is 18.8. The second-order valence-electron chi connectivity index (χ2n) is 5.38. The standard InChI is InChI=1S/C17H13Cl2FN2O2/c1-9(11-6-14(20)13(19)7-12(11)18)21-17(23)8-15-10-4-2-3-5-16(10)24-22-15/h2-7,9H,8H2,1H3,(H,21,23)/t9-/m1/s1. The fourth-order valence-electron chi connectivity index (χ4n) is 2.46.